The molecule has 1 N–H and O–H groups in total. The molecule has 0 fully saturated rings. The van der Waals surface area contributed by atoms with Gasteiger partial charge in [0.15, 0.2) is 0 Å². The highest BCUT2D eigenvalue weighted by Gasteiger charge is 2.05. The maximum atomic E-state index is 11.5. The molecule has 2 rings (SSSR count). The maximum absolute atomic E-state index is 11.5. The van der Waals surface area contributed by atoms with Gasteiger partial charge in [0.25, 0.3) is 0 Å². The first-order chi connectivity index (χ1) is 10.3. The molecule has 0 saturated heterocycles. The molecule has 0 unspecified atom stereocenters. The zero-order valence-corrected chi connectivity index (χ0v) is 12.2. The Labute approximate surface area is 125 Å². The van der Waals surface area contributed by atoms with E-state index in [-0.39, 0.29) is 5.91 Å². The van der Waals surface area contributed by atoms with E-state index in [2.05, 4.69) is 33.6 Å². The highest BCUT2D eigenvalue weighted by Crippen LogP contribution is 2.16. The summed E-state index contributed by atoms with van der Waals surface area (Å²) < 4.78 is 2.12. The highest BCUT2D eigenvalue weighted by molar-refractivity contribution is 5.75. The van der Waals surface area contributed by atoms with Crippen LogP contribution in [0.3, 0.4) is 0 Å². The molecule has 1 aromatic heterocycles. The topological polar surface area (TPSA) is 46.9 Å². The summed E-state index contributed by atoms with van der Waals surface area (Å²) in [5, 5.41) is 2.92. The molecule has 0 aliphatic rings. The van der Waals surface area contributed by atoms with Crippen LogP contribution in [0.25, 0.3) is 11.4 Å². The summed E-state index contributed by atoms with van der Waals surface area (Å²) >= 11 is 0. The van der Waals surface area contributed by atoms with Crippen molar-refractivity contribution in [1.82, 2.24) is 14.9 Å². The lowest BCUT2D eigenvalue weighted by Gasteiger charge is -2.08. The number of carbonyl (C=O) groups excluding carboxylic acids is 1. The van der Waals surface area contributed by atoms with Gasteiger partial charge < -0.3 is 9.88 Å². The molecule has 0 saturated carbocycles. The molecule has 2 aromatic rings. The van der Waals surface area contributed by atoms with E-state index in [1.165, 1.54) is 0 Å². The van der Waals surface area contributed by atoms with Gasteiger partial charge in [0.05, 0.1) is 0 Å². The van der Waals surface area contributed by atoms with Crippen molar-refractivity contribution in [2.75, 3.05) is 6.54 Å². The van der Waals surface area contributed by atoms with Crippen molar-refractivity contribution in [1.29, 1.82) is 0 Å². The predicted molar refractivity (Wildman–Crippen MR) is 84.7 cm³/mol. The number of benzene rings is 1. The molecular formula is C17H21N3O. The Morgan fingerprint density at radius 1 is 1.33 bits per heavy atom. The van der Waals surface area contributed by atoms with E-state index in [0.717, 1.165) is 30.8 Å². The van der Waals surface area contributed by atoms with Crippen LogP contribution in [0.1, 0.15) is 19.3 Å². The summed E-state index contributed by atoms with van der Waals surface area (Å²) in [6, 6.07) is 10.1. The Bertz CT molecular complexity index is 575. The van der Waals surface area contributed by atoms with Crippen LogP contribution in [0.5, 0.6) is 0 Å². The Kier molecular flexibility index (Phi) is 5.76. The minimum atomic E-state index is 0.0869. The van der Waals surface area contributed by atoms with Crippen LogP contribution in [0.15, 0.2) is 55.4 Å². The zero-order chi connectivity index (χ0) is 14.9. The van der Waals surface area contributed by atoms with E-state index in [4.69, 9.17) is 0 Å². The third kappa shape index (κ3) is 4.60. The zero-order valence-electron chi connectivity index (χ0n) is 12.2. The molecule has 0 aliphatic carbocycles. The number of aryl methyl sites for hydroxylation is 1. The number of carbonyl (C=O) groups is 1. The Hall–Kier alpha value is -2.36. The van der Waals surface area contributed by atoms with E-state index in [1.807, 2.05) is 30.6 Å². The van der Waals surface area contributed by atoms with Crippen LogP contribution in [0.2, 0.25) is 0 Å². The van der Waals surface area contributed by atoms with E-state index >= 15 is 0 Å². The summed E-state index contributed by atoms with van der Waals surface area (Å²) in [5.41, 5.74) is 1.11. The molecule has 1 heterocycles. The average molecular weight is 283 g/mol. The van der Waals surface area contributed by atoms with Gasteiger partial charge in [-0.3, -0.25) is 4.79 Å². The Balaban J connectivity index is 1.81. The third-order valence-corrected chi connectivity index (χ3v) is 3.22. The monoisotopic (exact) mass is 283 g/mol. The number of hydrogen-bond donors (Lipinski definition) is 1. The summed E-state index contributed by atoms with van der Waals surface area (Å²) in [4.78, 5) is 15.9. The van der Waals surface area contributed by atoms with Crippen molar-refractivity contribution < 1.29 is 4.79 Å². The van der Waals surface area contributed by atoms with Gasteiger partial charge in [0.2, 0.25) is 5.91 Å². The second-order valence-corrected chi connectivity index (χ2v) is 4.84. The smallest absolute Gasteiger partial charge is 0.220 e. The first kappa shape index (κ1) is 15.0. The van der Waals surface area contributed by atoms with E-state index in [9.17, 15) is 4.79 Å². The molecule has 1 amide bonds. The van der Waals surface area contributed by atoms with Crippen LogP contribution >= 0.6 is 0 Å². The summed E-state index contributed by atoms with van der Waals surface area (Å²) in [7, 11) is 0. The second-order valence-electron chi connectivity index (χ2n) is 4.84. The fraction of sp³-hybridized carbons (Fsp3) is 0.294. The SMILES string of the molecule is C=CCCC(=O)NCCCn1ccnc1-c1ccccc1. The maximum Gasteiger partial charge on any atom is 0.220 e. The second kappa shape index (κ2) is 8.04. The Morgan fingerprint density at radius 2 is 2.14 bits per heavy atom. The van der Waals surface area contributed by atoms with Gasteiger partial charge in [-0.25, -0.2) is 4.98 Å². The molecule has 4 heteroatoms. The summed E-state index contributed by atoms with van der Waals surface area (Å²) in [6.45, 7) is 5.13. The fourth-order valence-electron chi connectivity index (χ4n) is 2.14. The molecule has 0 bridgehead atoms. The van der Waals surface area contributed by atoms with Crippen molar-refractivity contribution in [3.63, 3.8) is 0 Å². The van der Waals surface area contributed by atoms with Crippen molar-refractivity contribution in [2.45, 2.75) is 25.8 Å². The van der Waals surface area contributed by atoms with Gasteiger partial charge >= 0.3 is 0 Å². The van der Waals surface area contributed by atoms with E-state index in [0.29, 0.717) is 13.0 Å². The van der Waals surface area contributed by atoms with Crippen LogP contribution in [-0.2, 0) is 11.3 Å². The van der Waals surface area contributed by atoms with Crippen molar-refractivity contribution in [2.24, 2.45) is 0 Å². The van der Waals surface area contributed by atoms with Crippen molar-refractivity contribution in [3.8, 4) is 11.4 Å². The standard InChI is InChI=1S/C17H21N3O/c1-2-3-10-16(21)18-11-7-13-20-14-12-19-17(20)15-8-5-4-6-9-15/h2,4-6,8-9,12,14H,1,3,7,10-11,13H2,(H,18,21). The average Bonchev–Trinajstić information content (AvgIpc) is 2.99. The van der Waals surface area contributed by atoms with Crippen molar-refractivity contribution >= 4 is 5.91 Å². The number of rotatable bonds is 8. The molecule has 1 aromatic carbocycles. The molecule has 0 atom stereocenters. The van der Waals surface area contributed by atoms with Crippen LogP contribution in [0.4, 0.5) is 0 Å². The van der Waals surface area contributed by atoms with Crippen LogP contribution in [-0.4, -0.2) is 22.0 Å². The van der Waals surface area contributed by atoms with Gasteiger partial charge in [-0.05, 0) is 12.8 Å². The van der Waals surface area contributed by atoms with Crippen LogP contribution < -0.4 is 5.32 Å². The largest absolute Gasteiger partial charge is 0.356 e. The molecule has 110 valence electrons. The molecule has 4 nitrogen and oxygen atoms in total. The third-order valence-electron chi connectivity index (χ3n) is 3.22. The first-order valence-corrected chi connectivity index (χ1v) is 7.25. The van der Waals surface area contributed by atoms with E-state index in [1.54, 1.807) is 6.08 Å². The molecular weight excluding hydrogens is 262 g/mol. The quantitative estimate of drug-likeness (QED) is 0.598. The van der Waals surface area contributed by atoms with Crippen molar-refractivity contribution in [3.05, 3.63) is 55.4 Å². The minimum Gasteiger partial charge on any atom is -0.356 e. The molecule has 0 aliphatic heterocycles. The fourth-order valence-corrected chi connectivity index (χ4v) is 2.14. The molecule has 0 spiro atoms. The number of amides is 1. The number of nitrogens with one attached hydrogen (secondary N) is 1. The lowest BCUT2D eigenvalue weighted by molar-refractivity contribution is -0.121. The van der Waals surface area contributed by atoms with E-state index < -0.39 is 0 Å². The number of imidazole rings is 1. The van der Waals surface area contributed by atoms with Gasteiger partial charge in [-0.1, -0.05) is 36.4 Å². The van der Waals surface area contributed by atoms with Crippen LogP contribution in [0, 0.1) is 0 Å². The minimum absolute atomic E-state index is 0.0869. The Morgan fingerprint density at radius 3 is 2.90 bits per heavy atom. The number of allylic oxidation sites excluding steroid dienone is 1. The van der Waals surface area contributed by atoms with Gasteiger partial charge in [0.1, 0.15) is 5.82 Å². The summed E-state index contributed by atoms with van der Waals surface area (Å²) in [6.07, 6.45) is 7.68. The van der Waals surface area contributed by atoms with Gasteiger partial charge in [0, 0.05) is 37.5 Å². The lowest BCUT2D eigenvalue weighted by atomic mass is 10.2. The number of hydrogen-bond acceptors (Lipinski definition) is 2. The predicted octanol–water partition coefficient (Wildman–Crippen LogP) is 3.02. The van der Waals surface area contributed by atoms with Gasteiger partial charge in [-0.15, -0.1) is 6.58 Å². The normalized spacial score (nSPS) is 10.3. The molecule has 0 radical (unpaired) electrons. The summed E-state index contributed by atoms with van der Waals surface area (Å²) in [5.74, 6) is 1.05. The highest BCUT2D eigenvalue weighted by atomic mass is 16.1. The lowest BCUT2D eigenvalue weighted by Crippen LogP contribution is -2.24. The molecule has 21 heavy (non-hydrogen) atoms. The first-order valence-electron chi connectivity index (χ1n) is 7.25. The number of aromatic nitrogens is 2. The van der Waals surface area contributed by atoms with Gasteiger partial charge in [-0.2, -0.15) is 0 Å². The number of nitrogens with zero attached hydrogens (tertiary/aromatic N) is 2.